The van der Waals surface area contributed by atoms with E-state index in [0.717, 1.165) is 72.1 Å². The van der Waals surface area contributed by atoms with Crippen LogP contribution in [-0.4, -0.2) is 57.1 Å². The number of nitrogens with zero attached hydrogens (tertiary/aromatic N) is 3. The summed E-state index contributed by atoms with van der Waals surface area (Å²) in [5.41, 5.74) is 3.59. The van der Waals surface area contributed by atoms with Crippen molar-refractivity contribution in [2.24, 2.45) is 0 Å². The number of benzene rings is 1. The molecule has 1 N–H and O–H groups in total. The van der Waals surface area contributed by atoms with Crippen molar-refractivity contribution in [2.45, 2.75) is 57.0 Å². The molecule has 2 aromatic rings. The fourth-order valence-electron chi connectivity index (χ4n) is 5.18. The summed E-state index contributed by atoms with van der Waals surface area (Å²) in [6.45, 7) is 0.864. The zero-order chi connectivity index (χ0) is 20.1. The van der Waals surface area contributed by atoms with Gasteiger partial charge in [0.1, 0.15) is 0 Å². The lowest BCUT2D eigenvalue weighted by molar-refractivity contribution is 0.0330. The van der Waals surface area contributed by atoms with Gasteiger partial charge in [0.2, 0.25) is 0 Å². The van der Waals surface area contributed by atoms with Gasteiger partial charge in [0.15, 0.2) is 0 Å². The van der Waals surface area contributed by atoms with Crippen LogP contribution in [0.4, 0.5) is 4.79 Å². The number of hydrogen-bond donors (Lipinski definition) is 1. The molecule has 2 bridgehead atoms. The Balaban J connectivity index is 1.48. The number of pyridine rings is 1. The third-order valence-electron chi connectivity index (χ3n) is 6.72. The van der Waals surface area contributed by atoms with Crippen LogP contribution in [0.1, 0.15) is 53.7 Å². The number of amides is 2. The minimum Gasteiger partial charge on any atom is -0.465 e. The van der Waals surface area contributed by atoms with E-state index >= 15 is 0 Å². The number of aryl methyl sites for hydroxylation is 1. The summed E-state index contributed by atoms with van der Waals surface area (Å²) in [7, 11) is 0. The van der Waals surface area contributed by atoms with Gasteiger partial charge in [-0.1, -0.05) is 17.7 Å². The Hall–Kier alpha value is -2.34. The fourth-order valence-corrected chi connectivity index (χ4v) is 5.54. The molecule has 2 amide bonds. The maximum atomic E-state index is 13.3. The molecule has 4 heterocycles. The van der Waals surface area contributed by atoms with Crippen molar-refractivity contribution in [3.05, 3.63) is 40.0 Å². The summed E-state index contributed by atoms with van der Waals surface area (Å²) in [5.74, 6) is -0.0375. The average molecular weight is 414 g/mol. The van der Waals surface area contributed by atoms with E-state index in [9.17, 15) is 14.7 Å². The third-order valence-corrected chi connectivity index (χ3v) is 7.15. The first kappa shape index (κ1) is 18.7. The molecule has 6 rings (SSSR count). The Labute approximate surface area is 174 Å². The van der Waals surface area contributed by atoms with E-state index in [0.29, 0.717) is 18.7 Å². The number of piperazine rings is 1. The molecule has 2 atom stereocenters. The predicted molar refractivity (Wildman–Crippen MR) is 111 cm³/mol. The highest BCUT2D eigenvalue weighted by Crippen LogP contribution is 2.34. The molecular formula is C22H24ClN3O3. The van der Waals surface area contributed by atoms with Crippen LogP contribution in [0, 0.1) is 0 Å². The van der Waals surface area contributed by atoms with Gasteiger partial charge < -0.3 is 14.9 Å². The molecule has 6 nitrogen and oxygen atoms in total. The Morgan fingerprint density at radius 3 is 2.55 bits per heavy atom. The van der Waals surface area contributed by atoms with Crippen LogP contribution in [0.25, 0.3) is 10.9 Å². The van der Waals surface area contributed by atoms with Gasteiger partial charge in [-0.05, 0) is 62.6 Å². The summed E-state index contributed by atoms with van der Waals surface area (Å²) < 4.78 is 0. The summed E-state index contributed by atoms with van der Waals surface area (Å²) in [6, 6.07) is 5.42. The normalized spacial score (nSPS) is 23.8. The fraction of sp³-hybridized carbons (Fsp3) is 0.500. The zero-order valence-corrected chi connectivity index (χ0v) is 17.0. The van der Waals surface area contributed by atoms with E-state index < -0.39 is 6.09 Å². The molecule has 0 radical (unpaired) electrons. The third kappa shape index (κ3) is 3.14. The number of carboxylic acid groups (broad SMARTS) is 1. The molecule has 1 aromatic heterocycles. The van der Waals surface area contributed by atoms with Crippen molar-refractivity contribution in [1.82, 2.24) is 14.8 Å². The molecule has 0 saturated carbocycles. The number of halogens is 1. The van der Waals surface area contributed by atoms with E-state index in [-0.39, 0.29) is 18.0 Å². The summed E-state index contributed by atoms with van der Waals surface area (Å²) in [4.78, 5) is 33.1. The van der Waals surface area contributed by atoms with Gasteiger partial charge in [0, 0.05) is 35.8 Å². The quantitative estimate of drug-likeness (QED) is 0.763. The van der Waals surface area contributed by atoms with Crippen molar-refractivity contribution >= 4 is 34.5 Å². The second kappa shape index (κ2) is 7.17. The summed E-state index contributed by atoms with van der Waals surface area (Å²) >= 11 is 6.66. The van der Waals surface area contributed by atoms with E-state index in [1.54, 1.807) is 0 Å². The average Bonchev–Trinajstić information content (AvgIpc) is 3.07. The first-order valence-electron chi connectivity index (χ1n) is 10.4. The highest BCUT2D eigenvalue weighted by atomic mass is 35.5. The Morgan fingerprint density at radius 2 is 1.76 bits per heavy atom. The highest BCUT2D eigenvalue weighted by Gasteiger charge is 2.41. The van der Waals surface area contributed by atoms with Gasteiger partial charge >= 0.3 is 6.09 Å². The molecule has 7 heteroatoms. The minimum atomic E-state index is -0.886. The van der Waals surface area contributed by atoms with Gasteiger partial charge in [-0.3, -0.25) is 9.78 Å². The second-order valence-electron chi connectivity index (χ2n) is 8.42. The van der Waals surface area contributed by atoms with E-state index in [1.807, 2.05) is 23.1 Å². The van der Waals surface area contributed by atoms with Crippen LogP contribution in [0.2, 0.25) is 5.02 Å². The Morgan fingerprint density at radius 1 is 1.03 bits per heavy atom. The lowest BCUT2D eigenvalue weighted by atomic mass is 9.94. The van der Waals surface area contributed by atoms with Crippen molar-refractivity contribution in [3.63, 3.8) is 0 Å². The van der Waals surface area contributed by atoms with Crippen molar-refractivity contribution in [2.75, 3.05) is 13.1 Å². The zero-order valence-electron chi connectivity index (χ0n) is 16.2. The molecule has 2 unspecified atom stereocenters. The molecular weight excluding hydrogens is 390 g/mol. The maximum absolute atomic E-state index is 13.3. The number of rotatable bonds is 1. The molecule has 1 aromatic carbocycles. The number of aromatic nitrogens is 1. The monoisotopic (exact) mass is 413 g/mol. The molecule has 29 heavy (non-hydrogen) atoms. The highest BCUT2D eigenvalue weighted by molar-refractivity contribution is 6.36. The van der Waals surface area contributed by atoms with Crippen LogP contribution in [0.5, 0.6) is 0 Å². The van der Waals surface area contributed by atoms with Gasteiger partial charge in [-0.25, -0.2) is 4.79 Å². The molecule has 3 aliphatic heterocycles. The van der Waals surface area contributed by atoms with Gasteiger partial charge in [-0.15, -0.1) is 0 Å². The Bertz CT molecular complexity index is 1010. The van der Waals surface area contributed by atoms with Crippen LogP contribution < -0.4 is 0 Å². The predicted octanol–water partition coefficient (Wildman–Crippen LogP) is 4.12. The lowest BCUT2D eigenvalue weighted by Gasteiger charge is -2.42. The Kier molecular flexibility index (Phi) is 4.62. The summed E-state index contributed by atoms with van der Waals surface area (Å²) in [6.07, 6.45) is 5.88. The topological polar surface area (TPSA) is 73.7 Å². The number of fused-ring (bicyclic) bond motifs is 6. The standard InChI is InChI=1S/C22H24ClN3O3/c23-20-16-6-1-2-7-18(16)24-19-10-13(8-9-17(19)20)21(27)25-11-15-5-3-4-14(25)12-26(15)22(28)29/h8-10,14-15H,1-7,11-12H2,(H,28,29). The smallest absolute Gasteiger partial charge is 0.407 e. The van der Waals surface area contributed by atoms with Crippen molar-refractivity contribution in [3.8, 4) is 0 Å². The molecule has 0 spiro atoms. The minimum absolute atomic E-state index is 0.0375. The van der Waals surface area contributed by atoms with E-state index in [2.05, 4.69) is 0 Å². The molecule has 4 aliphatic rings. The van der Waals surface area contributed by atoms with Gasteiger partial charge in [-0.2, -0.15) is 0 Å². The van der Waals surface area contributed by atoms with Crippen LogP contribution in [0.3, 0.4) is 0 Å². The number of carbonyl (C=O) groups is 2. The van der Waals surface area contributed by atoms with Crippen molar-refractivity contribution < 1.29 is 14.7 Å². The van der Waals surface area contributed by atoms with Crippen LogP contribution in [0.15, 0.2) is 18.2 Å². The van der Waals surface area contributed by atoms with Crippen LogP contribution >= 0.6 is 11.6 Å². The molecule has 1 aliphatic carbocycles. The first-order chi connectivity index (χ1) is 14.0. The SMILES string of the molecule is O=C(O)N1CC2CCCC1CN2C(=O)c1ccc2c(Cl)c3c(nc2c1)CCCC3. The van der Waals surface area contributed by atoms with Crippen LogP contribution in [-0.2, 0) is 12.8 Å². The molecule has 3 saturated heterocycles. The van der Waals surface area contributed by atoms with E-state index in [4.69, 9.17) is 16.6 Å². The summed E-state index contributed by atoms with van der Waals surface area (Å²) in [5, 5.41) is 11.1. The second-order valence-corrected chi connectivity index (χ2v) is 8.80. The number of hydrogen-bond acceptors (Lipinski definition) is 3. The first-order valence-corrected chi connectivity index (χ1v) is 10.8. The van der Waals surface area contributed by atoms with Gasteiger partial charge in [0.05, 0.1) is 16.6 Å². The van der Waals surface area contributed by atoms with Gasteiger partial charge in [0.25, 0.3) is 5.91 Å². The molecule has 3 fully saturated rings. The largest absolute Gasteiger partial charge is 0.465 e. The van der Waals surface area contributed by atoms with Crippen molar-refractivity contribution in [1.29, 1.82) is 0 Å². The number of carbonyl (C=O) groups excluding carboxylic acids is 1. The molecule has 152 valence electrons. The van der Waals surface area contributed by atoms with E-state index in [1.165, 1.54) is 4.90 Å². The lowest BCUT2D eigenvalue weighted by Crippen LogP contribution is -2.59. The maximum Gasteiger partial charge on any atom is 0.407 e.